The minimum absolute atomic E-state index is 0.0428. The van der Waals surface area contributed by atoms with Crippen LogP contribution < -0.4 is 0 Å². The van der Waals surface area contributed by atoms with Gasteiger partial charge in [0.2, 0.25) is 0 Å². The van der Waals surface area contributed by atoms with Crippen LogP contribution in [-0.4, -0.2) is 20.6 Å². The van der Waals surface area contributed by atoms with E-state index in [0.717, 1.165) is 29.3 Å². The molecule has 1 fully saturated rings. The third-order valence-corrected chi connectivity index (χ3v) is 4.85. The van der Waals surface area contributed by atoms with E-state index in [-0.39, 0.29) is 5.41 Å². The van der Waals surface area contributed by atoms with Crippen LogP contribution in [0.15, 0.2) is 18.2 Å². The molecule has 0 saturated heterocycles. The Hall–Kier alpha value is -1.84. The lowest BCUT2D eigenvalue weighted by Crippen LogP contribution is -2.22. The second-order valence-corrected chi connectivity index (χ2v) is 7.83. The minimum atomic E-state index is -0.647. The van der Waals surface area contributed by atoms with Crippen LogP contribution in [0.2, 0.25) is 0 Å². The van der Waals surface area contributed by atoms with Crippen LogP contribution in [0, 0.1) is 5.92 Å². The van der Waals surface area contributed by atoms with E-state index in [4.69, 9.17) is 10.1 Å². The first-order valence-electron chi connectivity index (χ1n) is 8.63. The molecule has 124 valence electrons. The van der Waals surface area contributed by atoms with E-state index in [1.807, 2.05) is 6.07 Å². The summed E-state index contributed by atoms with van der Waals surface area (Å²) in [6.07, 6.45) is 6.63. The molecule has 0 amide bonds. The molecule has 4 nitrogen and oxygen atoms in total. The number of aromatic nitrogens is 2. The Bertz CT molecular complexity index is 719. The van der Waals surface area contributed by atoms with Gasteiger partial charge in [-0.2, -0.15) is 0 Å². The van der Waals surface area contributed by atoms with E-state index in [9.17, 15) is 4.79 Å². The van der Waals surface area contributed by atoms with Crippen molar-refractivity contribution in [2.45, 2.75) is 64.8 Å². The second kappa shape index (κ2) is 5.99. The lowest BCUT2D eigenvalue weighted by Gasteiger charge is -2.26. The van der Waals surface area contributed by atoms with E-state index in [2.05, 4.69) is 25.3 Å². The first-order valence-corrected chi connectivity index (χ1v) is 8.63. The zero-order valence-corrected chi connectivity index (χ0v) is 14.4. The molecule has 2 N–H and O–H groups in total. The third kappa shape index (κ3) is 3.26. The number of imidazole rings is 1. The number of benzene rings is 1. The summed E-state index contributed by atoms with van der Waals surface area (Å²) in [4.78, 5) is 16.1. The number of carbonyl (C=O) groups is 1. The summed E-state index contributed by atoms with van der Waals surface area (Å²) in [6, 6.07) is 5.47. The third-order valence-electron chi connectivity index (χ3n) is 4.85. The SMILES string of the molecule is CC(C)(C)c1nc2cc(C(=O)[OH2+])ccc2n1CC1CCCCC1. The lowest BCUT2D eigenvalue weighted by molar-refractivity contribution is 0.0697. The summed E-state index contributed by atoms with van der Waals surface area (Å²) in [5.41, 5.74) is 2.30. The second-order valence-electron chi connectivity index (χ2n) is 7.83. The van der Waals surface area contributed by atoms with E-state index in [0.29, 0.717) is 5.56 Å². The van der Waals surface area contributed by atoms with Gasteiger partial charge in [0.1, 0.15) is 11.4 Å². The molecule has 3 rings (SSSR count). The molecule has 1 heterocycles. The van der Waals surface area contributed by atoms with Crippen molar-refractivity contribution >= 4 is 17.0 Å². The summed E-state index contributed by atoms with van der Waals surface area (Å²) >= 11 is 0. The normalized spacial score (nSPS) is 16.8. The summed E-state index contributed by atoms with van der Waals surface area (Å²) in [7, 11) is 0. The number of carbonyl (C=O) groups excluding carboxylic acids is 1. The Morgan fingerprint density at radius 3 is 2.57 bits per heavy atom. The Morgan fingerprint density at radius 2 is 1.96 bits per heavy atom. The standard InChI is InChI=1S/C19H26N2O2/c1-19(2,3)18-20-15-11-14(17(22)23)9-10-16(15)21(18)12-13-7-5-4-6-8-13/h9-11,13H,4-8,12H2,1-3H3,(H,22,23)/p+1. The van der Waals surface area contributed by atoms with Gasteiger partial charge in [0.25, 0.3) is 0 Å². The molecule has 0 atom stereocenters. The summed E-state index contributed by atoms with van der Waals surface area (Å²) < 4.78 is 2.35. The molecule has 0 unspecified atom stereocenters. The molecule has 1 aliphatic carbocycles. The highest BCUT2D eigenvalue weighted by molar-refractivity contribution is 5.92. The Morgan fingerprint density at radius 1 is 1.26 bits per heavy atom. The van der Waals surface area contributed by atoms with Gasteiger partial charge in [0, 0.05) is 16.8 Å². The van der Waals surface area contributed by atoms with Gasteiger partial charge in [-0.1, -0.05) is 40.0 Å². The fraction of sp³-hybridized carbons (Fsp3) is 0.579. The van der Waals surface area contributed by atoms with Gasteiger partial charge in [-0.05, 0) is 37.0 Å². The van der Waals surface area contributed by atoms with Gasteiger partial charge in [0.05, 0.1) is 11.0 Å². The average molecular weight is 315 g/mol. The number of rotatable bonds is 3. The van der Waals surface area contributed by atoms with Crippen molar-refractivity contribution in [1.82, 2.24) is 9.55 Å². The molecule has 23 heavy (non-hydrogen) atoms. The van der Waals surface area contributed by atoms with Gasteiger partial charge in [-0.25, -0.2) is 4.98 Å². The van der Waals surface area contributed by atoms with Crippen LogP contribution in [0.5, 0.6) is 0 Å². The monoisotopic (exact) mass is 315 g/mol. The molecule has 4 heteroatoms. The van der Waals surface area contributed by atoms with Crippen LogP contribution in [0.4, 0.5) is 0 Å². The van der Waals surface area contributed by atoms with Crippen LogP contribution in [0.25, 0.3) is 11.0 Å². The Labute approximate surface area is 137 Å². The van der Waals surface area contributed by atoms with E-state index in [1.54, 1.807) is 12.1 Å². The smallest absolute Gasteiger partial charge is 0.549 e. The van der Waals surface area contributed by atoms with Gasteiger partial charge in [-0.15, -0.1) is 0 Å². The van der Waals surface area contributed by atoms with Crippen molar-refractivity contribution in [2.24, 2.45) is 5.92 Å². The zero-order valence-electron chi connectivity index (χ0n) is 14.4. The summed E-state index contributed by atoms with van der Waals surface area (Å²) in [5.74, 6) is 1.15. The maximum absolute atomic E-state index is 11.3. The predicted molar refractivity (Wildman–Crippen MR) is 93.0 cm³/mol. The van der Waals surface area contributed by atoms with Gasteiger partial charge in [-0.3, -0.25) is 0 Å². The predicted octanol–water partition coefficient (Wildman–Crippen LogP) is 3.78. The highest BCUT2D eigenvalue weighted by Gasteiger charge is 2.26. The summed E-state index contributed by atoms with van der Waals surface area (Å²) in [5, 5.41) is 7.31. The first kappa shape index (κ1) is 16.0. The van der Waals surface area contributed by atoms with Crippen molar-refractivity contribution in [1.29, 1.82) is 0 Å². The minimum Gasteiger partial charge on any atom is -0.561 e. The molecule has 1 aromatic carbocycles. The zero-order chi connectivity index (χ0) is 16.6. The molecule has 0 radical (unpaired) electrons. The number of hydrogen-bond acceptors (Lipinski definition) is 2. The van der Waals surface area contributed by atoms with Gasteiger partial charge >= 0.3 is 5.97 Å². The van der Waals surface area contributed by atoms with E-state index < -0.39 is 5.97 Å². The fourth-order valence-electron chi connectivity index (χ4n) is 3.66. The number of fused-ring (bicyclic) bond motifs is 1. The van der Waals surface area contributed by atoms with Gasteiger partial charge in [0.15, 0.2) is 0 Å². The molecule has 1 aromatic heterocycles. The highest BCUT2D eigenvalue weighted by atomic mass is 16.4. The first-order chi connectivity index (χ1) is 10.9. The molecule has 0 spiro atoms. The number of nitrogens with zero attached hydrogens (tertiary/aromatic N) is 2. The highest BCUT2D eigenvalue weighted by Crippen LogP contribution is 2.31. The van der Waals surface area contributed by atoms with Crippen molar-refractivity contribution < 1.29 is 9.90 Å². The van der Waals surface area contributed by atoms with Crippen molar-refractivity contribution in [3.63, 3.8) is 0 Å². The Balaban J connectivity index is 2.06. The average Bonchev–Trinajstić information content (AvgIpc) is 2.86. The maximum Gasteiger partial charge on any atom is 0.549 e. The lowest BCUT2D eigenvalue weighted by atomic mass is 9.88. The molecule has 2 aromatic rings. The van der Waals surface area contributed by atoms with Crippen LogP contribution in [-0.2, 0) is 12.0 Å². The maximum atomic E-state index is 11.3. The van der Waals surface area contributed by atoms with E-state index >= 15 is 0 Å². The van der Waals surface area contributed by atoms with Crippen LogP contribution >= 0.6 is 0 Å². The van der Waals surface area contributed by atoms with E-state index in [1.165, 1.54) is 32.1 Å². The molecule has 1 saturated carbocycles. The number of hydrogen-bond donors (Lipinski definition) is 0. The molecule has 1 aliphatic rings. The molecule has 0 bridgehead atoms. The quantitative estimate of drug-likeness (QED) is 0.809. The van der Waals surface area contributed by atoms with Crippen LogP contribution in [0.1, 0.15) is 69.1 Å². The topological polar surface area (TPSA) is 57.8 Å². The largest absolute Gasteiger partial charge is 0.561 e. The van der Waals surface area contributed by atoms with Crippen molar-refractivity contribution in [2.75, 3.05) is 0 Å². The van der Waals surface area contributed by atoms with Gasteiger partial charge < -0.3 is 9.67 Å². The Kier molecular flexibility index (Phi) is 4.17. The van der Waals surface area contributed by atoms with Crippen molar-refractivity contribution in [3.8, 4) is 0 Å². The molecular formula is C19H27N2O2+. The van der Waals surface area contributed by atoms with Crippen molar-refractivity contribution in [3.05, 3.63) is 29.6 Å². The fourth-order valence-corrected chi connectivity index (χ4v) is 3.66. The summed E-state index contributed by atoms with van der Waals surface area (Å²) in [6.45, 7) is 7.56. The molecular weight excluding hydrogens is 288 g/mol. The van der Waals surface area contributed by atoms with Crippen LogP contribution in [0.3, 0.4) is 0 Å². The molecule has 0 aliphatic heterocycles.